The SMILES string of the molecule is O=c1ccn(CO)c(=O)[nH]1. The molecule has 0 aliphatic carbocycles. The third-order valence-corrected chi connectivity index (χ3v) is 1.05. The van der Waals surface area contributed by atoms with Gasteiger partial charge in [-0.1, -0.05) is 0 Å². The number of aliphatic hydroxyl groups excluding tert-OH is 1. The number of aromatic amines is 1. The molecule has 0 saturated carbocycles. The average Bonchev–Trinajstić information content (AvgIpc) is 1.88. The maximum Gasteiger partial charge on any atom is 0.330 e. The summed E-state index contributed by atoms with van der Waals surface area (Å²) in [5.74, 6) is 0. The molecular weight excluding hydrogens is 136 g/mol. The molecule has 1 rings (SSSR count). The van der Waals surface area contributed by atoms with Crippen LogP contribution < -0.4 is 11.2 Å². The van der Waals surface area contributed by atoms with Crippen LogP contribution in [0.1, 0.15) is 0 Å². The highest BCUT2D eigenvalue weighted by atomic mass is 16.3. The van der Waals surface area contributed by atoms with E-state index >= 15 is 0 Å². The van der Waals surface area contributed by atoms with Gasteiger partial charge in [0.05, 0.1) is 0 Å². The molecule has 0 spiro atoms. The first-order valence-electron chi connectivity index (χ1n) is 2.64. The minimum absolute atomic E-state index is 0.421. The molecule has 0 saturated heterocycles. The summed E-state index contributed by atoms with van der Waals surface area (Å²) in [7, 11) is 0. The van der Waals surface area contributed by atoms with Crippen LogP contribution in [-0.2, 0) is 6.73 Å². The van der Waals surface area contributed by atoms with Crippen molar-refractivity contribution in [1.82, 2.24) is 9.55 Å². The molecule has 1 heterocycles. The molecule has 54 valence electrons. The molecule has 0 fully saturated rings. The summed E-state index contributed by atoms with van der Waals surface area (Å²) in [4.78, 5) is 23.0. The van der Waals surface area contributed by atoms with Gasteiger partial charge < -0.3 is 5.11 Å². The summed E-state index contributed by atoms with van der Waals surface area (Å²) in [5.41, 5.74) is -1.07. The van der Waals surface area contributed by atoms with Gasteiger partial charge in [0.2, 0.25) is 0 Å². The minimum Gasteiger partial charge on any atom is -0.376 e. The highest BCUT2D eigenvalue weighted by Gasteiger charge is 1.90. The van der Waals surface area contributed by atoms with Crippen LogP contribution in [0.15, 0.2) is 21.9 Å². The maximum absolute atomic E-state index is 10.6. The highest BCUT2D eigenvalue weighted by molar-refractivity contribution is 4.81. The Balaban J connectivity index is 3.34. The van der Waals surface area contributed by atoms with E-state index in [1.807, 2.05) is 4.98 Å². The predicted octanol–water partition coefficient (Wildman–Crippen LogP) is -1.51. The van der Waals surface area contributed by atoms with Gasteiger partial charge in [0.1, 0.15) is 6.73 Å². The van der Waals surface area contributed by atoms with Crippen molar-refractivity contribution < 1.29 is 5.11 Å². The predicted molar refractivity (Wildman–Crippen MR) is 33.5 cm³/mol. The fraction of sp³-hybridized carbons (Fsp3) is 0.200. The second-order valence-electron chi connectivity index (χ2n) is 1.72. The van der Waals surface area contributed by atoms with Gasteiger partial charge in [-0.05, 0) is 0 Å². The summed E-state index contributed by atoms with van der Waals surface area (Å²) in [6.07, 6.45) is 1.22. The van der Waals surface area contributed by atoms with Crippen LogP contribution in [0.2, 0.25) is 0 Å². The number of hydrogen-bond donors (Lipinski definition) is 2. The summed E-state index contributed by atoms with van der Waals surface area (Å²) in [6, 6.07) is 1.16. The fourth-order valence-corrected chi connectivity index (χ4v) is 0.556. The lowest BCUT2D eigenvalue weighted by atomic mass is 10.6. The Morgan fingerprint density at radius 3 is 2.80 bits per heavy atom. The van der Waals surface area contributed by atoms with E-state index in [1.165, 1.54) is 6.20 Å². The van der Waals surface area contributed by atoms with Gasteiger partial charge in [0.15, 0.2) is 0 Å². The van der Waals surface area contributed by atoms with Gasteiger partial charge >= 0.3 is 5.69 Å². The first kappa shape index (κ1) is 6.76. The monoisotopic (exact) mass is 142 g/mol. The van der Waals surface area contributed by atoms with E-state index in [9.17, 15) is 9.59 Å². The third kappa shape index (κ3) is 1.14. The Kier molecular flexibility index (Phi) is 1.68. The summed E-state index contributed by atoms with van der Waals surface area (Å²) >= 11 is 0. The van der Waals surface area contributed by atoms with E-state index in [4.69, 9.17) is 5.11 Å². The zero-order valence-electron chi connectivity index (χ0n) is 5.07. The largest absolute Gasteiger partial charge is 0.376 e. The standard InChI is InChI=1S/C5H6N2O3/c8-3-7-2-1-4(9)6-5(7)10/h1-2,8H,3H2,(H,6,9,10). The molecule has 0 aromatic carbocycles. The Hall–Kier alpha value is -1.36. The van der Waals surface area contributed by atoms with Crippen LogP contribution in [0.4, 0.5) is 0 Å². The van der Waals surface area contributed by atoms with Crippen molar-refractivity contribution in [2.75, 3.05) is 0 Å². The lowest BCUT2D eigenvalue weighted by Gasteiger charge is -1.95. The Morgan fingerprint density at radius 2 is 2.30 bits per heavy atom. The van der Waals surface area contributed by atoms with Gasteiger partial charge in [0.25, 0.3) is 5.56 Å². The number of H-pyrrole nitrogens is 1. The molecular formula is C5H6N2O3. The lowest BCUT2D eigenvalue weighted by molar-refractivity contribution is 0.204. The van der Waals surface area contributed by atoms with Crippen LogP contribution >= 0.6 is 0 Å². The zero-order chi connectivity index (χ0) is 7.56. The number of nitrogens with zero attached hydrogens (tertiary/aromatic N) is 1. The number of rotatable bonds is 1. The number of hydrogen-bond acceptors (Lipinski definition) is 3. The van der Waals surface area contributed by atoms with Crippen molar-refractivity contribution >= 4 is 0 Å². The van der Waals surface area contributed by atoms with E-state index < -0.39 is 18.0 Å². The second kappa shape index (κ2) is 2.49. The zero-order valence-corrected chi connectivity index (χ0v) is 5.07. The van der Waals surface area contributed by atoms with E-state index in [1.54, 1.807) is 0 Å². The van der Waals surface area contributed by atoms with Crippen molar-refractivity contribution in [1.29, 1.82) is 0 Å². The molecule has 5 nitrogen and oxygen atoms in total. The summed E-state index contributed by atoms with van der Waals surface area (Å²) in [6.45, 7) is -0.421. The molecule has 0 bridgehead atoms. The van der Waals surface area contributed by atoms with Crippen molar-refractivity contribution in [3.8, 4) is 0 Å². The number of aromatic nitrogens is 2. The van der Waals surface area contributed by atoms with E-state index in [2.05, 4.69) is 0 Å². The van der Waals surface area contributed by atoms with Crippen LogP contribution in [0.25, 0.3) is 0 Å². The van der Waals surface area contributed by atoms with Gasteiger partial charge in [-0.25, -0.2) is 4.79 Å². The van der Waals surface area contributed by atoms with Crippen molar-refractivity contribution in [3.05, 3.63) is 33.1 Å². The fourth-order valence-electron chi connectivity index (χ4n) is 0.556. The van der Waals surface area contributed by atoms with E-state index in [0.717, 1.165) is 10.6 Å². The lowest BCUT2D eigenvalue weighted by Crippen LogP contribution is -2.28. The minimum atomic E-state index is -0.602. The van der Waals surface area contributed by atoms with Crippen LogP contribution in [0, 0.1) is 0 Å². The Morgan fingerprint density at radius 1 is 1.60 bits per heavy atom. The van der Waals surface area contributed by atoms with E-state index in [-0.39, 0.29) is 0 Å². The van der Waals surface area contributed by atoms with Gasteiger partial charge in [-0.2, -0.15) is 0 Å². The Bertz CT molecular complexity index is 324. The summed E-state index contributed by atoms with van der Waals surface area (Å²) < 4.78 is 0.974. The average molecular weight is 142 g/mol. The molecule has 0 atom stereocenters. The quantitative estimate of drug-likeness (QED) is 0.500. The van der Waals surface area contributed by atoms with Crippen LogP contribution in [0.3, 0.4) is 0 Å². The van der Waals surface area contributed by atoms with Gasteiger partial charge in [0, 0.05) is 12.3 Å². The van der Waals surface area contributed by atoms with E-state index in [0.29, 0.717) is 0 Å². The third-order valence-electron chi connectivity index (χ3n) is 1.05. The Labute approximate surface area is 55.6 Å². The van der Waals surface area contributed by atoms with Crippen molar-refractivity contribution in [3.63, 3.8) is 0 Å². The van der Waals surface area contributed by atoms with Crippen molar-refractivity contribution in [2.24, 2.45) is 0 Å². The first-order valence-corrected chi connectivity index (χ1v) is 2.64. The molecule has 2 N–H and O–H groups in total. The summed E-state index contributed by atoms with van der Waals surface area (Å²) in [5, 5.41) is 8.45. The molecule has 0 aliphatic heterocycles. The molecule has 5 heteroatoms. The van der Waals surface area contributed by atoms with Crippen molar-refractivity contribution in [2.45, 2.75) is 6.73 Å². The molecule has 0 amide bonds. The molecule has 1 aromatic rings. The molecule has 0 unspecified atom stereocenters. The molecule has 0 radical (unpaired) electrons. The second-order valence-corrected chi connectivity index (χ2v) is 1.72. The van der Waals surface area contributed by atoms with Crippen LogP contribution in [-0.4, -0.2) is 14.7 Å². The maximum atomic E-state index is 10.6. The normalized spacial score (nSPS) is 9.70. The number of nitrogens with one attached hydrogen (secondary N) is 1. The molecule has 10 heavy (non-hydrogen) atoms. The molecule has 1 aromatic heterocycles. The van der Waals surface area contributed by atoms with Gasteiger partial charge in [-0.15, -0.1) is 0 Å². The molecule has 0 aliphatic rings. The highest BCUT2D eigenvalue weighted by Crippen LogP contribution is 1.68. The first-order chi connectivity index (χ1) is 4.74. The van der Waals surface area contributed by atoms with Crippen LogP contribution in [0.5, 0.6) is 0 Å². The topological polar surface area (TPSA) is 75.1 Å². The van der Waals surface area contributed by atoms with Gasteiger partial charge in [-0.3, -0.25) is 14.3 Å². The smallest absolute Gasteiger partial charge is 0.330 e. The number of aliphatic hydroxyl groups is 1.